The molecule has 1 aliphatic rings. The number of hydrogen-bond acceptors (Lipinski definition) is 5. The third-order valence-corrected chi connectivity index (χ3v) is 6.10. The Hall–Kier alpha value is -0.960. The van der Waals surface area contributed by atoms with E-state index in [4.69, 9.17) is 0 Å². The lowest BCUT2D eigenvalue weighted by Crippen LogP contribution is -2.41. The van der Waals surface area contributed by atoms with Gasteiger partial charge in [-0.2, -0.15) is 9.40 Å². The zero-order valence-electron chi connectivity index (χ0n) is 13.2. The van der Waals surface area contributed by atoms with Crippen molar-refractivity contribution in [2.75, 3.05) is 27.2 Å². The lowest BCUT2D eigenvalue weighted by molar-refractivity contribution is 0.188. The number of β-amino-alcohol motifs (C(OH)–C–C–N with tert-alkyl or cyclic N) is 1. The van der Waals surface area contributed by atoms with Gasteiger partial charge in [0.25, 0.3) is 0 Å². The van der Waals surface area contributed by atoms with Crippen LogP contribution in [-0.2, 0) is 17.1 Å². The van der Waals surface area contributed by atoms with Gasteiger partial charge in [-0.1, -0.05) is 0 Å². The first kappa shape index (κ1) is 16.4. The first-order valence-corrected chi connectivity index (χ1v) is 8.43. The molecular formula is C13H24N4O3S. The topological polar surface area (TPSA) is 78.7 Å². The number of hydrogen-bond donors (Lipinski definition) is 1. The Morgan fingerprint density at radius 2 is 2.00 bits per heavy atom. The number of aromatic nitrogens is 2. The Balaban J connectivity index is 2.42. The molecule has 0 saturated carbocycles. The summed E-state index contributed by atoms with van der Waals surface area (Å²) in [6, 6.07) is -0.209. The highest BCUT2D eigenvalue weighted by atomic mass is 32.2. The summed E-state index contributed by atoms with van der Waals surface area (Å²) in [5, 5.41) is 14.1. The number of nitrogens with zero attached hydrogens (tertiary/aromatic N) is 4. The molecule has 8 heteroatoms. The molecule has 1 aromatic rings. The highest BCUT2D eigenvalue weighted by molar-refractivity contribution is 7.89. The minimum absolute atomic E-state index is 0.147. The maximum atomic E-state index is 13.0. The van der Waals surface area contributed by atoms with Crippen molar-refractivity contribution in [2.24, 2.45) is 7.05 Å². The molecular weight excluding hydrogens is 292 g/mol. The average molecular weight is 316 g/mol. The Morgan fingerprint density at radius 1 is 1.38 bits per heavy atom. The van der Waals surface area contributed by atoms with Gasteiger partial charge in [-0.3, -0.25) is 4.68 Å². The van der Waals surface area contributed by atoms with Gasteiger partial charge in [0.2, 0.25) is 10.0 Å². The summed E-state index contributed by atoms with van der Waals surface area (Å²) < 4.78 is 28.9. The Bertz CT molecular complexity index is 624. The molecule has 1 N–H and O–H groups in total. The second-order valence-electron chi connectivity index (χ2n) is 6.00. The molecule has 0 bridgehead atoms. The third kappa shape index (κ3) is 2.98. The summed E-state index contributed by atoms with van der Waals surface area (Å²) in [6.07, 6.45) is -0.141. The molecule has 21 heavy (non-hydrogen) atoms. The van der Waals surface area contributed by atoms with Crippen LogP contribution in [0.25, 0.3) is 0 Å². The Kier molecular flexibility index (Phi) is 4.44. The fourth-order valence-electron chi connectivity index (χ4n) is 2.99. The van der Waals surface area contributed by atoms with Gasteiger partial charge in [0, 0.05) is 26.2 Å². The van der Waals surface area contributed by atoms with Crippen LogP contribution in [0.1, 0.15) is 17.8 Å². The zero-order chi connectivity index (χ0) is 15.9. The number of likely N-dealkylation sites (N-methyl/N-ethyl adjacent to an activating group) is 1. The van der Waals surface area contributed by atoms with Gasteiger partial charge in [0.15, 0.2) is 0 Å². The zero-order valence-corrected chi connectivity index (χ0v) is 14.1. The largest absolute Gasteiger partial charge is 0.392 e. The Morgan fingerprint density at radius 3 is 2.48 bits per heavy atom. The van der Waals surface area contributed by atoms with Gasteiger partial charge in [-0.05, 0) is 34.4 Å². The van der Waals surface area contributed by atoms with E-state index >= 15 is 0 Å². The number of aliphatic hydroxyl groups is 1. The second kappa shape index (κ2) is 5.68. The average Bonchev–Trinajstić information content (AvgIpc) is 2.80. The van der Waals surface area contributed by atoms with Crippen LogP contribution in [0.2, 0.25) is 0 Å². The number of sulfonamides is 1. The highest BCUT2D eigenvalue weighted by Crippen LogP contribution is 2.29. The molecule has 1 saturated heterocycles. The van der Waals surface area contributed by atoms with Crippen molar-refractivity contribution >= 4 is 10.0 Å². The molecule has 120 valence electrons. The molecule has 1 aliphatic heterocycles. The van der Waals surface area contributed by atoms with Gasteiger partial charge in [-0.25, -0.2) is 8.42 Å². The van der Waals surface area contributed by atoms with Gasteiger partial charge >= 0.3 is 0 Å². The SMILES string of the molecule is Cc1nn(C)c(C)c1S(=O)(=O)N1CC(O)CC1CN(C)C. The van der Waals surface area contributed by atoms with Crippen molar-refractivity contribution in [1.82, 2.24) is 19.0 Å². The molecule has 2 heterocycles. The highest BCUT2D eigenvalue weighted by Gasteiger charge is 2.41. The van der Waals surface area contributed by atoms with Crippen molar-refractivity contribution in [3.63, 3.8) is 0 Å². The van der Waals surface area contributed by atoms with Crippen molar-refractivity contribution in [3.8, 4) is 0 Å². The van der Waals surface area contributed by atoms with Gasteiger partial charge < -0.3 is 10.0 Å². The number of aryl methyl sites for hydroxylation is 2. The molecule has 0 radical (unpaired) electrons. The minimum atomic E-state index is -3.64. The van der Waals surface area contributed by atoms with E-state index in [1.807, 2.05) is 19.0 Å². The molecule has 1 aromatic heterocycles. The molecule has 1 fully saturated rings. The first-order chi connectivity index (χ1) is 9.64. The van der Waals surface area contributed by atoms with E-state index in [1.54, 1.807) is 25.6 Å². The lowest BCUT2D eigenvalue weighted by Gasteiger charge is -2.26. The van der Waals surface area contributed by atoms with Crippen LogP contribution in [0.5, 0.6) is 0 Å². The van der Waals surface area contributed by atoms with Gasteiger partial charge in [0.05, 0.1) is 17.5 Å². The van der Waals surface area contributed by atoms with E-state index in [-0.39, 0.29) is 17.5 Å². The molecule has 2 rings (SSSR count). The molecule has 0 amide bonds. The quantitative estimate of drug-likeness (QED) is 0.827. The fraction of sp³-hybridized carbons (Fsp3) is 0.769. The predicted molar refractivity (Wildman–Crippen MR) is 79.5 cm³/mol. The number of rotatable bonds is 4. The van der Waals surface area contributed by atoms with E-state index in [0.29, 0.717) is 24.4 Å². The summed E-state index contributed by atoms with van der Waals surface area (Å²) >= 11 is 0. The van der Waals surface area contributed by atoms with Crippen molar-refractivity contribution < 1.29 is 13.5 Å². The summed E-state index contributed by atoms with van der Waals surface area (Å²) in [7, 11) is 1.89. The van der Waals surface area contributed by atoms with Gasteiger partial charge in [0.1, 0.15) is 4.90 Å². The summed E-state index contributed by atoms with van der Waals surface area (Å²) in [6.45, 7) is 4.19. The van der Waals surface area contributed by atoms with Crippen LogP contribution in [0, 0.1) is 13.8 Å². The molecule has 2 unspecified atom stereocenters. The minimum Gasteiger partial charge on any atom is -0.392 e. The van der Waals surface area contributed by atoms with E-state index in [0.717, 1.165) is 0 Å². The summed E-state index contributed by atoms with van der Waals surface area (Å²) in [5.74, 6) is 0. The molecule has 0 aliphatic carbocycles. The van der Waals surface area contributed by atoms with Crippen LogP contribution < -0.4 is 0 Å². The van der Waals surface area contributed by atoms with E-state index in [2.05, 4.69) is 5.10 Å². The van der Waals surface area contributed by atoms with Crippen LogP contribution in [0.4, 0.5) is 0 Å². The third-order valence-electron chi connectivity index (χ3n) is 3.93. The molecule has 0 aromatic carbocycles. The van der Waals surface area contributed by atoms with Crippen molar-refractivity contribution in [1.29, 1.82) is 0 Å². The summed E-state index contributed by atoms with van der Waals surface area (Å²) in [4.78, 5) is 2.21. The van der Waals surface area contributed by atoms with Crippen LogP contribution in [0.3, 0.4) is 0 Å². The van der Waals surface area contributed by atoms with Crippen LogP contribution in [-0.4, -0.2) is 71.8 Å². The number of aliphatic hydroxyl groups excluding tert-OH is 1. The van der Waals surface area contributed by atoms with E-state index in [9.17, 15) is 13.5 Å². The normalized spacial score (nSPS) is 24.1. The standard InChI is InChI=1S/C13H24N4O3S/c1-9-13(10(2)16(5)14-9)21(19,20)17-8-12(18)6-11(17)7-15(3)4/h11-12,18H,6-8H2,1-5H3. The van der Waals surface area contributed by atoms with E-state index < -0.39 is 16.1 Å². The first-order valence-electron chi connectivity index (χ1n) is 6.99. The smallest absolute Gasteiger partial charge is 0.247 e. The maximum Gasteiger partial charge on any atom is 0.247 e. The Labute approximate surface area is 126 Å². The lowest BCUT2D eigenvalue weighted by atomic mass is 10.2. The predicted octanol–water partition coefficient (Wildman–Crippen LogP) is -0.278. The van der Waals surface area contributed by atoms with Gasteiger partial charge in [-0.15, -0.1) is 0 Å². The van der Waals surface area contributed by atoms with Crippen molar-refractivity contribution in [2.45, 2.75) is 37.3 Å². The maximum absolute atomic E-state index is 13.0. The van der Waals surface area contributed by atoms with Crippen LogP contribution in [0.15, 0.2) is 4.90 Å². The monoisotopic (exact) mass is 316 g/mol. The summed E-state index contributed by atoms with van der Waals surface area (Å²) in [5.41, 5.74) is 1.12. The fourth-order valence-corrected chi connectivity index (χ4v) is 5.06. The molecule has 7 nitrogen and oxygen atoms in total. The van der Waals surface area contributed by atoms with Crippen molar-refractivity contribution in [3.05, 3.63) is 11.4 Å². The van der Waals surface area contributed by atoms with Crippen LogP contribution >= 0.6 is 0 Å². The second-order valence-corrected chi connectivity index (χ2v) is 7.83. The molecule has 2 atom stereocenters. The molecule has 0 spiro atoms. The van der Waals surface area contributed by atoms with E-state index in [1.165, 1.54) is 4.31 Å².